The molecule has 0 aliphatic carbocycles. The van der Waals surface area contributed by atoms with Crippen molar-refractivity contribution >= 4 is 34.2 Å². The van der Waals surface area contributed by atoms with Crippen LogP contribution in [0.5, 0.6) is 0 Å². The van der Waals surface area contributed by atoms with E-state index in [4.69, 9.17) is 4.42 Å². The van der Waals surface area contributed by atoms with Gasteiger partial charge < -0.3 is 4.42 Å². The summed E-state index contributed by atoms with van der Waals surface area (Å²) in [5, 5.41) is 3.01. The number of thiazole rings is 1. The molecule has 3 amide bonds. The Morgan fingerprint density at radius 2 is 1.85 bits per heavy atom. The Kier molecular flexibility index (Phi) is 3.89. The number of imide groups is 1. The minimum atomic E-state index is -0.403. The molecule has 0 radical (unpaired) electrons. The zero-order valence-corrected chi connectivity index (χ0v) is 14.5. The normalized spacial score (nSPS) is 13.2. The number of anilines is 1. The Bertz CT molecular complexity index is 1000. The van der Waals surface area contributed by atoms with Crippen LogP contribution in [-0.2, 0) is 6.54 Å². The highest BCUT2D eigenvalue weighted by molar-refractivity contribution is 7.15. The summed E-state index contributed by atoms with van der Waals surface area (Å²) in [7, 11) is 0. The van der Waals surface area contributed by atoms with Gasteiger partial charge in [-0.2, -0.15) is 0 Å². The van der Waals surface area contributed by atoms with Crippen LogP contribution in [0.3, 0.4) is 0 Å². The van der Waals surface area contributed by atoms with E-state index >= 15 is 0 Å². The summed E-state index contributed by atoms with van der Waals surface area (Å²) >= 11 is 1.20. The van der Waals surface area contributed by atoms with Gasteiger partial charge in [0.05, 0.1) is 17.7 Å². The lowest BCUT2D eigenvalue weighted by Crippen LogP contribution is -2.28. The van der Waals surface area contributed by atoms with E-state index in [1.807, 2.05) is 0 Å². The lowest BCUT2D eigenvalue weighted by atomic mass is 10.1. The van der Waals surface area contributed by atoms with Gasteiger partial charge in [-0.05, 0) is 31.2 Å². The molecule has 8 heteroatoms. The standard InChI is InChI=1S/C18H13N3O4S/c1-10-6-7-14(25-10)15(22)20-18-19-8-11(26-18)9-21-16(23)12-4-2-3-5-13(12)17(21)24/h2-8H,9H2,1H3,(H,19,20,22). The first-order valence-corrected chi connectivity index (χ1v) is 8.62. The predicted octanol–water partition coefficient (Wildman–Crippen LogP) is 3.09. The minimum Gasteiger partial charge on any atom is -0.456 e. The van der Waals surface area contributed by atoms with Gasteiger partial charge in [-0.25, -0.2) is 4.98 Å². The van der Waals surface area contributed by atoms with Crippen LogP contribution in [0.2, 0.25) is 0 Å². The van der Waals surface area contributed by atoms with E-state index < -0.39 is 5.91 Å². The van der Waals surface area contributed by atoms with Crippen LogP contribution in [0.4, 0.5) is 5.13 Å². The molecule has 1 aromatic carbocycles. The van der Waals surface area contributed by atoms with Crippen molar-refractivity contribution < 1.29 is 18.8 Å². The molecule has 0 saturated carbocycles. The van der Waals surface area contributed by atoms with Gasteiger partial charge in [0, 0.05) is 11.1 Å². The second-order valence-electron chi connectivity index (χ2n) is 5.74. The Hall–Kier alpha value is -3.26. The molecule has 7 nitrogen and oxygen atoms in total. The lowest BCUT2D eigenvalue weighted by Gasteiger charge is -2.11. The number of hydrogen-bond acceptors (Lipinski definition) is 6. The Balaban J connectivity index is 1.47. The van der Waals surface area contributed by atoms with Crippen LogP contribution in [0.15, 0.2) is 47.0 Å². The molecule has 4 rings (SSSR count). The van der Waals surface area contributed by atoms with Crippen molar-refractivity contribution in [3.63, 3.8) is 0 Å². The summed E-state index contributed by atoms with van der Waals surface area (Å²) in [6.45, 7) is 1.86. The quantitative estimate of drug-likeness (QED) is 0.715. The molecule has 0 atom stereocenters. The van der Waals surface area contributed by atoms with Gasteiger partial charge in [-0.15, -0.1) is 0 Å². The van der Waals surface area contributed by atoms with Gasteiger partial charge in [0.1, 0.15) is 5.76 Å². The maximum absolute atomic E-state index is 12.4. The van der Waals surface area contributed by atoms with Crippen molar-refractivity contribution in [2.75, 3.05) is 5.32 Å². The number of amides is 3. The Morgan fingerprint density at radius 3 is 2.46 bits per heavy atom. The average molecular weight is 367 g/mol. The Morgan fingerprint density at radius 1 is 1.15 bits per heavy atom. The molecule has 1 N–H and O–H groups in total. The largest absolute Gasteiger partial charge is 0.456 e. The maximum Gasteiger partial charge on any atom is 0.293 e. The van der Waals surface area contributed by atoms with Crippen molar-refractivity contribution in [2.24, 2.45) is 0 Å². The first kappa shape index (κ1) is 16.2. The van der Waals surface area contributed by atoms with Gasteiger partial charge in [-0.3, -0.25) is 24.6 Å². The van der Waals surface area contributed by atoms with Gasteiger partial charge in [0.2, 0.25) is 0 Å². The summed E-state index contributed by atoms with van der Waals surface area (Å²) in [6.07, 6.45) is 1.54. The fourth-order valence-corrected chi connectivity index (χ4v) is 3.49. The molecule has 2 aromatic heterocycles. The smallest absolute Gasteiger partial charge is 0.293 e. The van der Waals surface area contributed by atoms with E-state index in [0.717, 1.165) is 0 Å². The molecule has 0 unspecified atom stereocenters. The van der Waals surface area contributed by atoms with Crippen LogP contribution >= 0.6 is 11.3 Å². The van der Waals surface area contributed by atoms with Crippen molar-refractivity contribution in [1.82, 2.24) is 9.88 Å². The summed E-state index contributed by atoms with van der Waals surface area (Å²) in [5.74, 6) is -0.216. The number of aromatic nitrogens is 1. The van der Waals surface area contributed by atoms with Gasteiger partial charge in [-0.1, -0.05) is 23.5 Å². The number of benzene rings is 1. The van der Waals surface area contributed by atoms with Crippen molar-refractivity contribution in [1.29, 1.82) is 0 Å². The van der Waals surface area contributed by atoms with Gasteiger partial charge >= 0.3 is 0 Å². The lowest BCUT2D eigenvalue weighted by molar-refractivity contribution is 0.0643. The number of hydrogen-bond donors (Lipinski definition) is 1. The Labute approximate surface area is 152 Å². The van der Waals surface area contributed by atoms with Crippen LogP contribution in [0.25, 0.3) is 0 Å². The number of rotatable bonds is 4. The molecule has 0 bridgehead atoms. The third-order valence-electron chi connectivity index (χ3n) is 3.93. The maximum atomic E-state index is 12.4. The van der Waals surface area contributed by atoms with Crippen LogP contribution < -0.4 is 5.32 Å². The van der Waals surface area contributed by atoms with Crippen molar-refractivity contribution in [3.8, 4) is 0 Å². The molecule has 26 heavy (non-hydrogen) atoms. The topological polar surface area (TPSA) is 92.5 Å². The van der Waals surface area contributed by atoms with Crippen molar-refractivity contribution in [3.05, 3.63) is 70.1 Å². The first-order valence-electron chi connectivity index (χ1n) is 7.80. The van der Waals surface area contributed by atoms with E-state index in [2.05, 4.69) is 10.3 Å². The molecule has 0 spiro atoms. The minimum absolute atomic E-state index is 0.111. The second-order valence-corrected chi connectivity index (χ2v) is 6.85. The third-order valence-corrected chi connectivity index (χ3v) is 4.83. The highest BCUT2D eigenvalue weighted by Crippen LogP contribution is 2.27. The summed E-state index contributed by atoms with van der Waals surface area (Å²) < 4.78 is 5.26. The van der Waals surface area contributed by atoms with E-state index in [1.165, 1.54) is 22.4 Å². The number of aryl methyl sites for hydroxylation is 1. The zero-order valence-electron chi connectivity index (χ0n) is 13.7. The van der Waals surface area contributed by atoms with E-state index in [-0.39, 0.29) is 24.1 Å². The predicted molar refractivity (Wildman–Crippen MR) is 94.2 cm³/mol. The highest BCUT2D eigenvalue weighted by atomic mass is 32.1. The summed E-state index contributed by atoms with van der Waals surface area (Å²) in [4.78, 5) is 42.8. The fraction of sp³-hybridized carbons (Fsp3) is 0.111. The van der Waals surface area contributed by atoms with Crippen LogP contribution in [0, 0.1) is 6.92 Å². The number of carbonyl (C=O) groups is 3. The van der Waals surface area contributed by atoms with Crippen LogP contribution in [-0.4, -0.2) is 27.6 Å². The fourth-order valence-electron chi connectivity index (χ4n) is 2.69. The summed E-state index contributed by atoms with van der Waals surface area (Å²) in [6, 6.07) is 10.0. The van der Waals surface area contributed by atoms with E-state index in [0.29, 0.717) is 26.9 Å². The number of nitrogens with zero attached hydrogens (tertiary/aromatic N) is 2. The number of nitrogens with one attached hydrogen (secondary N) is 1. The zero-order chi connectivity index (χ0) is 18.3. The molecule has 3 aromatic rings. The van der Waals surface area contributed by atoms with E-state index in [1.54, 1.807) is 43.3 Å². The number of fused-ring (bicyclic) bond motifs is 1. The molecular weight excluding hydrogens is 354 g/mol. The molecule has 1 aliphatic heterocycles. The average Bonchev–Trinajstić information content (AvgIpc) is 3.32. The SMILES string of the molecule is Cc1ccc(C(=O)Nc2ncc(CN3C(=O)c4ccccc4C3=O)s2)o1. The summed E-state index contributed by atoms with van der Waals surface area (Å²) in [5.41, 5.74) is 0.812. The number of carbonyl (C=O) groups excluding carboxylic acids is 3. The monoisotopic (exact) mass is 367 g/mol. The first-order chi connectivity index (χ1) is 12.5. The van der Waals surface area contributed by atoms with Gasteiger partial charge in [0.15, 0.2) is 10.9 Å². The van der Waals surface area contributed by atoms with Crippen LogP contribution in [0.1, 0.15) is 41.9 Å². The van der Waals surface area contributed by atoms with E-state index in [9.17, 15) is 14.4 Å². The molecular formula is C18H13N3O4S. The highest BCUT2D eigenvalue weighted by Gasteiger charge is 2.35. The van der Waals surface area contributed by atoms with Crippen molar-refractivity contribution in [2.45, 2.75) is 13.5 Å². The molecule has 130 valence electrons. The molecule has 1 aliphatic rings. The third kappa shape index (κ3) is 2.80. The molecule has 0 fully saturated rings. The number of furan rings is 1. The van der Waals surface area contributed by atoms with Gasteiger partial charge in [0.25, 0.3) is 17.7 Å². The second kappa shape index (κ2) is 6.23. The molecule has 3 heterocycles. The molecule has 0 saturated heterocycles.